The number of rotatable bonds is 8. The van der Waals surface area contributed by atoms with Gasteiger partial charge in [0, 0.05) is 26.1 Å². The number of carbonyl (C=O) groups excluding carboxylic acids is 2. The minimum atomic E-state index is -0.281. The highest BCUT2D eigenvalue weighted by Gasteiger charge is 2.20. The van der Waals surface area contributed by atoms with Crippen molar-refractivity contribution in [1.82, 2.24) is 10.2 Å². The Morgan fingerprint density at radius 3 is 2.58 bits per heavy atom. The lowest BCUT2D eigenvalue weighted by Gasteiger charge is -2.18. The summed E-state index contributed by atoms with van der Waals surface area (Å²) >= 11 is 0. The summed E-state index contributed by atoms with van der Waals surface area (Å²) in [6.07, 6.45) is 5.47. The van der Waals surface area contributed by atoms with Crippen molar-refractivity contribution >= 4 is 11.9 Å². The third-order valence-electron chi connectivity index (χ3n) is 3.52. The monoisotopic (exact) mass is 270 g/mol. The molecule has 0 saturated carbocycles. The fourth-order valence-electron chi connectivity index (χ4n) is 2.33. The summed E-state index contributed by atoms with van der Waals surface area (Å²) in [5.74, 6) is -0.0498. The van der Waals surface area contributed by atoms with Gasteiger partial charge in [0.25, 0.3) is 0 Å². The Bertz CT molecular complexity index is 288. The molecule has 1 N–H and O–H groups in total. The van der Waals surface area contributed by atoms with Gasteiger partial charge in [0.1, 0.15) is 6.04 Å². The highest BCUT2D eigenvalue weighted by molar-refractivity contribution is 5.77. The molecule has 0 aromatic carbocycles. The summed E-state index contributed by atoms with van der Waals surface area (Å²) in [7, 11) is 1.40. The van der Waals surface area contributed by atoms with E-state index in [1.807, 2.05) is 4.90 Å². The van der Waals surface area contributed by atoms with Gasteiger partial charge in [-0.05, 0) is 19.3 Å². The van der Waals surface area contributed by atoms with Gasteiger partial charge in [-0.1, -0.05) is 19.8 Å². The number of unbranched alkanes of at least 4 members (excludes halogenated alkanes) is 1. The largest absolute Gasteiger partial charge is 0.468 e. The number of carbonyl (C=O) groups is 2. The lowest BCUT2D eigenvalue weighted by Crippen LogP contribution is -2.40. The van der Waals surface area contributed by atoms with Gasteiger partial charge in [0.05, 0.1) is 7.11 Å². The van der Waals surface area contributed by atoms with E-state index in [4.69, 9.17) is 4.74 Å². The average Bonchev–Trinajstić information content (AvgIpc) is 2.95. The van der Waals surface area contributed by atoms with Crippen molar-refractivity contribution in [2.45, 2.75) is 51.5 Å². The van der Waals surface area contributed by atoms with Gasteiger partial charge in [-0.15, -0.1) is 0 Å². The van der Waals surface area contributed by atoms with E-state index in [2.05, 4.69) is 12.2 Å². The van der Waals surface area contributed by atoms with Gasteiger partial charge in [0.2, 0.25) is 5.91 Å². The van der Waals surface area contributed by atoms with E-state index in [0.717, 1.165) is 45.2 Å². The number of hydrogen-bond acceptors (Lipinski definition) is 4. The van der Waals surface area contributed by atoms with Crippen LogP contribution in [0.25, 0.3) is 0 Å². The first-order valence-electron chi connectivity index (χ1n) is 7.28. The number of amides is 1. The van der Waals surface area contributed by atoms with Gasteiger partial charge in [-0.2, -0.15) is 0 Å². The molecule has 110 valence electrons. The zero-order valence-corrected chi connectivity index (χ0v) is 12.1. The molecule has 0 radical (unpaired) electrons. The van der Waals surface area contributed by atoms with Crippen LogP contribution in [0.4, 0.5) is 0 Å². The summed E-state index contributed by atoms with van der Waals surface area (Å²) in [6.45, 7) is 4.40. The minimum Gasteiger partial charge on any atom is -0.468 e. The van der Waals surface area contributed by atoms with Crippen molar-refractivity contribution in [2.24, 2.45) is 0 Å². The molecule has 5 nitrogen and oxygen atoms in total. The molecule has 1 aliphatic heterocycles. The predicted octanol–water partition coefficient (Wildman–Crippen LogP) is 1.32. The summed E-state index contributed by atoms with van der Waals surface area (Å²) in [4.78, 5) is 25.3. The normalized spacial score (nSPS) is 16.4. The van der Waals surface area contributed by atoms with Crippen LogP contribution in [0.3, 0.4) is 0 Å². The molecule has 0 aromatic heterocycles. The number of nitrogens with one attached hydrogen (secondary N) is 1. The SMILES string of the molecule is CCCCC(NCCC(=O)N1CCCC1)C(=O)OC. The molecule has 0 aromatic rings. The maximum absolute atomic E-state index is 11.9. The van der Waals surface area contributed by atoms with Crippen LogP contribution in [0.2, 0.25) is 0 Å². The molecule has 1 atom stereocenters. The van der Waals surface area contributed by atoms with E-state index in [9.17, 15) is 9.59 Å². The van der Waals surface area contributed by atoms with Gasteiger partial charge in [-0.3, -0.25) is 9.59 Å². The Hall–Kier alpha value is -1.10. The lowest BCUT2D eigenvalue weighted by molar-refractivity contribution is -0.143. The maximum atomic E-state index is 11.9. The lowest BCUT2D eigenvalue weighted by atomic mass is 10.1. The number of esters is 1. The van der Waals surface area contributed by atoms with Crippen molar-refractivity contribution in [3.8, 4) is 0 Å². The predicted molar refractivity (Wildman–Crippen MR) is 73.8 cm³/mol. The summed E-state index contributed by atoms with van der Waals surface area (Å²) in [6, 6.07) is -0.281. The van der Waals surface area contributed by atoms with E-state index >= 15 is 0 Å². The van der Waals surface area contributed by atoms with E-state index in [-0.39, 0.29) is 17.9 Å². The summed E-state index contributed by atoms with van der Waals surface area (Å²) in [5.41, 5.74) is 0. The molecule has 1 fully saturated rings. The first-order valence-corrected chi connectivity index (χ1v) is 7.28. The van der Waals surface area contributed by atoms with Crippen LogP contribution in [0.15, 0.2) is 0 Å². The molecule has 0 bridgehead atoms. The van der Waals surface area contributed by atoms with E-state index in [0.29, 0.717) is 13.0 Å². The zero-order valence-electron chi connectivity index (χ0n) is 12.1. The Balaban J connectivity index is 2.26. The fraction of sp³-hybridized carbons (Fsp3) is 0.857. The van der Waals surface area contributed by atoms with Crippen molar-refractivity contribution in [2.75, 3.05) is 26.7 Å². The fourth-order valence-corrected chi connectivity index (χ4v) is 2.33. The van der Waals surface area contributed by atoms with E-state index in [1.54, 1.807) is 0 Å². The Labute approximate surface area is 115 Å². The zero-order chi connectivity index (χ0) is 14.1. The molecule has 1 rings (SSSR count). The number of nitrogens with zero attached hydrogens (tertiary/aromatic N) is 1. The maximum Gasteiger partial charge on any atom is 0.322 e. The summed E-state index contributed by atoms with van der Waals surface area (Å²) in [5, 5.41) is 3.14. The number of ether oxygens (including phenoxy) is 1. The van der Waals surface area contributed by atoms with Crippen LogP contribution in [-0.4, -0.2) is 49.6 Å². The van der Waals surface area contributed by atoms with Gasteiger partial charge in [-0.25, -0.2) is 0 Å². The van der Waals surface area contributed by atoms with E-state index < -0.39 is 0 Å². The standard InChI is InChI=1S/C14H26N2O3/c1-3-4-7-12(14(18)19-2)15-9-8-13(17)16-10-5-6-11-16/h12,15H,3-11H2,1-2H3. The van der Waals surface area contributed by atoms with Crippen LogP contribution < -0.4 is 5.32 Å². The highest BCUT2D eigenvalue weighted by Crippen LogP contribution is 2.09. The van der Waals surface area contributed by atoms with Crippen molar-refractivity contribution in [3.05, 3.63) is 0 Å². The quantitative estimate of drug-likeness (QED) is 0.676. The van der Waals surface area contributed by atoms with Crippen LogP contribution in [0, 0.1) is 0 Å². The number of hydrogen-bond donors (Lipinski definition) is 1. The molecule has 1 aliphatic rings. The van der Waals surface area contributed by atoms with Gasteiger partial charge >= 0.3 is 5.97 Å². The third kappa shape index (κ3) is 5.59. The first kappa shape index (κ1) is 16.0. The third-order valence-corrected chi connectivity index (χ3v) is 3.52. The molecule has 1 saturated heterocycles. The summed E-state index contributed by atoms with van der Waals surface area (Å²) < 4.78 is 4.77. The van der Waals surface area contributed by atoms with Crippen molar-refractivity contribution in [1.29, 1.82) is 0 Å². The van der Waals surface area contributed by atoms with Crippen LogP contribution in [0.5, 0.6) is 0 Å². The first-order chi connectivity index (χ1) is 9.19. The second kappa shape index (κ2) is 8.91. The smallest absolute Gasteiger partial charge is 0.322 e. The second-order valence-electron chi connectivity index (χ2n) is 5.01. The molecule has 19 heavy (non-hydrogen) atoms. The topological polar surface area (TPSA) is 58.6 Å². The van der Waals surface area contributed by atoms with E-state index in [1.165, 1.54) is 7.11 Å². The van der Waals surface area contributed by atoms with Crippen molar-refractivity contribution < 1.29 is 14.3 Å². The Morgan fingerprint density at radius 1 is 1.32 bits per heavy atom. The van der Waals surface area contributed by atoms with Crippen LogP contribution in [-0.2, 0) is 14.3 Å². The van der Waals surface area contributed by atoms with Gasteiger partial charge in [0.15, 0.2) is 0 Å². The molecule has 1 amide bonds. The highest BCUT2D eigenvalue weighted by atomic mass is 16.5. The van der Waals surface area contributed by atoms with Crippen molar-refractivity contribution in [3.63, 3.8) is 0 Å². The molecule has 1 unspecified atom stereocenters. The molecular formula is C14H26N2O3. The second-order valence-corrected chi connectivity index (χ2v) is 5.01. The molecule has 0 spiro atoms. The minimum absolute atomic E-state index is 0.184. The number of likely N-dealkylation sites (tertiary alicyclic amines) is 1. The Kier molecular flexibility index (Phi) is 7.48. The molecular weight excluding hydrogens is 244 g/mol. The van der Waals surface area contributed by atoms with Crippen LogP contribution >= 0.6 is 0 Å². The molecule has 1 heterocycles. The number of methoxy groups -OCH3 is 1. The van der Waals surface area contributed by atoms with Crippen LogP contribution in [0.1, 0.15) is 45.4 Å². The molecule has 5 heteroatoms. The molecule has 0 aliphatic carbocycles. The average molecular weight is 270 g/mol. The Morgan fingerprint density at radius 2 is 2.00 bits per heavy atom. The van der Waals surface area contributed by atoms with Gasteiger partial charge < -0.3 is 15.0 Å².